The fraction of sp³-hybridized carbons (Fsp3) is 0.667. The van der Waals surface area contributed by atoms with Gasteiger partial charge in [0.15, 0.2) is 0 Å². The number of carbonyl (C=O) groups is 2. The summed E-state index contributed by atoms with van der Waals surface area (Å²) in [5, 5.41) is 7.12. The Labute approximate surface area is 76.6 Å². The Kier molecular flexibility index (Phi) is 4.35. The van der Waals surface area contributed by atoms with E-state index in [4.69, 9.17) is 15.6 Å². The summed E-state index contributed by atoms with van der Waals surface area (Å²) in [6.07, 6.45) is -4.40. The van der Waals surface area contributed by atoms with Crippen LogP contribution in [0.1, 0.15) is 6.42 Å². The van der Waals surface area contributed by atoms with Crippen molar-refractivity contribution in [3.63, 3.8) is 0 Å². The van der Waals surface area contributed by atoms with Gasteiger partial charge in [-0.05, 0) is 0 Å². The number of carbonyl (C=O) groups excluding carboxylic acids is 1. The number of halogens is 3. The molecule has 0 aliphatic carbocycles. The van der Waals surface area contributed by atoms with Crippen molar-refractivity contribution in [1.29, 1.82) is 0 Å². The molecular weight excluding hydrogens is 207 g/mol. The van der Waals surface area contributed by atoms with Gasteiger partial charge in [0.2, 0.25) is 0 Å². The predicted molar refractivity (Wildman–Crippen MR) is 37.2 cm³/mol. The summed E-state index contributed by atoms with van der Waals surface area (Å²) in [4.78, 5) is 19.1. The van der Waals surface area contributed by atoms with Crippen LogP contribution in [-0.2, 0) is 14.3 Å². The van der Waals surface area contributed by atoms with Gasteiger partial charge in [-0.1, -0.05) is 0 Å². The number of carboxylic acid groups (broad SMARTS) is 1. The van der Waals surface area contributed by atoms with Crippen molar-refractivity contribution < 1.29 is 32.6 Å². The molecular formula is C6H8F3NO4. The molecule has 82 valence electrons. The zero-order valence-electron chi connectivity index (χ0n) is 6.87. The van der Waals surface area contributed by atoms with Crippen LogP contribution in [0.3, 0.4) is 0 Å². The van der Waals surface area contributed by atoms with Crippen molar-refractivity contribution in [3.8, 4) is 0 Å². The molecule has 1 saturated heterocycles. The van der Waals surface area contributed by atoms with Gasteiger partial charge < -0.3 is 15.6 Å². The second-order valence-corrected chi connectivity index (χ2v) is 2.37. The Hall–Kier alpha value is -1.31. The van der Waals surface area contributed by atoms with Gasteiger partial charge in [-0.2, -0.15) is 13.2 Å². The number of rotatable bonds is 0. The van der Waals surface area contributed by atoms with E-state index >= 15 is 0 Å². The second-order valence-electron chi connectivity index (χ2n) is 2.37. The third kappa shape index (κ3) is 4.65. The first-order chi connectivity index (χ1) is 6.25. The number of alkyl halides is 3. The van der Waals surface area contributed by atoms with Crippen molar-refractivity contribution in [2.24, 2.45) is 5.73 Å². The molecule has 0 aromatic heterocycles. The number of nitrogens with two attached hydrogens (primary N) is 1. The van der Waals surface area contributed by atoms with Crippen molar-refractivity contribution in [1.82, 2.24) is 0 Å². The zero-order chi connectivity index (χ0) is 11.4. The molecule has 1 atom stereocenters. The molecule has 1 fully saturated rings. The maximum absolute atomic E-state index is 10.6. The summed E-state index contributed by atoms with van der Waals surface area (Å²) in [7, 11) is 0. The summed E-state index contributed by atoms with van der Waals surface area (Å²) in [5.41, 5.74) is 5.20. The first-order valence-electron chi connectivity index (χ1n) is 3.47. The largest absolute Gasteiger partial charge is 0.490 e. The van der Waals surface area contributed by atoms with Crippen LogP contribution in [0.5, 0.6) is 0 Å². The van der Waals surface area contributed by atoms with E-state index in [0.29, 0.717) is 13.0 Å². The van der Waals surface area contributed by atoms with Gasteiger partial charge >= 0.3 is 18.1 Å². The Morgan fingerprint density at radius 1 is 1.57 bits per heavy atom. The number of esters is 1. The van der Waals surface area contributed by atoms with E-state index in [1.807, 2.05) is 0 Å². The molecule has 0 saturated carbocycles. The van der Waals surface area contributed by atoms with E-state index in [9.17, 15) is 18.0 Å². The fourth-order valence-electron chi connectivity index (χ4n) is 0.511. The SMILES string of the molecule is N[C@@H]1CCOC1=O.O=C(O)C(F)(F)F. The molecule has 0 amide bonds. The normalized spacial score (nSPS) is 20.9. The number of ether oxygens (including phenoxy) is 1. The minimum atomic E-state index is -5.08. The molecule has 1 aliphatic rings. The minimum Gasteiger partial charge on any atom is -0.475 e. The van der Waals surface area contributed by atoms with Crippen LogP contribution in [0.25, 0.3) is 0 Å². The summed E-state index contributed by atoms with van der Waals surface area (Å²) >= 11 is 0. The van der Waals surface area contributed by atoms with Crippen LogP contribution >= 0.6 is 0 Å². The van der Waals surface area contributed by atoms with Crippen molar-refractivity contribution in [2.45, 2.75) is 18.6 Å². The number of carboxylic acids is 1. The molecule has 0 aromatic rings. The Bertz CT molecular complexity index is 226. The van der Waals surface area contributed by atoms with Crippen molar-refractivity contribution in [2.75, 3.05) is 6.61 Å². The van der Waals surface area contributed by atoms with Crippen LogP contribution in [0.4, 0.5) is 13.2 Å². The molecule has 1 heterocycles. The van der Waals surface area contributed by atoms with E-state index in [0.717, 1.165) is 0 Å². The Morgan fingerprint density at radius 3 is 2.07 bits per heavy atom. The Morgan fingerprint density at radius 2 is 2.00 bits per heavy atom. The van der Waals surface area contributed by atoms with Crippen LogP contribution in [0.15, 0.2) is 0 Å². The third-order valence-electron chi connectivity index (χ3n) is 1.22. The molecule has 0 unspecified atom stereocenters. The van der Waals surface area contributed by atoms with E-state index < -0.39 is 12.1 Å². The van der Waals surface area contributed by atoms with Gasteiger partial charge in [-0.3, -0.25) is 4.79 Å². The quantitative estimate of drug-likeness (QED) is 0.550. The van der Waals surface area contributed by atoms with Gasteiger partial charge in [-0.15, -0.1) is 0 Å². The highest BCUT2D eigenvalue weighted by Gasteiger charge is 2.38. The lowest BCUT2D eigenvalue weighted by Crippen LogP contribution is -2.24. The van der Waals surface area contributed by atoms with Gasteiger partial charge in [-0.25, -0.2) is 4.79 Å². The molecule has 5 nitrogen and oxygen atoms in total. The smallest absolute Gasteiger partial charge is 0.475 e. The lowest BCUT2D eigenvalue weighted by atomic mass is 10.3. The molecule has 1 aliphatic heterocycles. The first kappa shape index (κ1) is 12.7. The molecule has 8 heteroatoms. The third-order valence-corrected chi connectivity index (χ3v) is 1.22. The van der Waals surface area contributed by atoms with E-state index in [-0.39, 0.29) is 12.0 Å². The average Bonchev–Trinajstić information content (AvgIpc) is 2.35. The number of cyclic esters (lactones) is 1. The molecule has 0 aromatic carbocycles. The maximum Gasteiger partial charge on any atom is 0.490 e. The van der Waals surface area contributed by atoms with Crippen molar-refractivity contribution in [3.05, 3.63) is 0 Å². The molecule has 1 rings (SSSR count). The highest BCUT2D eigenvalue weighted by Crippen LogP contribution is 2.13. The van der Waals surface area contributed by atoms with Crippen molar-refractivity contribution >= 4 is 11.9 Å². The molecule has 0 spiro atoms. The first-order valence-corrected chi connectivity index (χ1v) is 3.47. The fourth-order valence-corrected chi connectivity index (χ4v) is 0.511. The zero-order valence-corrected chi connectivity index (χ0v) is 6.87. The number of aliphatic carboxylic acids is 1. The van der Waals surface area contributed by atoms with Crippen LogP contribution in [0, 0.1) is 0 Å². The lowest BCUT2D eigenvalue weighted by molar-refractivity contribution is -0.192. The maximum atomic E-state index is 10.6. The van der Waals surface area contributed by atoms with E-state index in [1.165, 1.54) is 0 Å². The van der Waals surface area contributed by atoms with Gasteiger partial charge in [0, 0.05) is 6.42 Å². The van der Waals surface area contributed by atoms with Gasteiger partial charge in [0.1, 0.15) is 6.04 Å². The van der Waals surface area contributed by atoms with E-state index in [1.54, 1.807) is 0 Å². The number of hydrogen-bond acceptors (Lipinski definition) is 4. The highest BCUT2D eigenvalue weighted by atomic mass is 19.4. The van der Waals surface area contributed by atoms with Gasteiger partial charge in [0.05, 0.1) is 6.61 Å². The number of hydrogen-bond donors (Lipinski definition) is 2. The molecule has 0 radical (unpaired) electrons. The monoisotopic (exact) mass is 215 g/mol. The topological polar surface area (TPSA) is 89.6 Å². The molecule has 0 bridgehead atoms. The van der Waals surface area contributed by atoms with Crippen LogP contribution in [-0.4, -0.2) is 35.9 Å². The summed E-state index contributed by atoms with van der Waals surface area (Å²) < 4.78 is 36.2. The molecule has 14 heavy (non-hydrogen) atoms. The standard InChI is InChI=1S/C4H7NO2.C2HF3O2/c5-3-1-2-7-4(3)6;3-2(4,5)1(6)7/h3H,1-2,5H2;(H,6,7)/t3-;/m1./s1. The summed E-state index contributed by atoms with van der Waals surface area (Å²) in [5.74, 6) is -3.02. The van der Waals surface area contributed by atoms with E-state index in [2.05, 4.69) is 4.74 Å². The van der Waals surface area contributed by atoms with Gasteiger partial charge in [0.25, 0.3) is 0 Å². The highest BCUT2D eigenvalue weighted by molar-refractivity contribution is 5.77. The molecule has 3 N–H and O–H groups in total. The van der Waals surface area contributed by atoms with Crippen LogP contribution < -0.4 is 5.73 Å². The minimum absolute atomic E-state index is 0.264. The lowest BCUT2D eigenvalue weighted by Gasteiger charge is -1.93. The Balaban J connectivity index is 0.000000241. The second kappa shape index (κ2) is 4.80. The average molecular weight is 215 g/mol. The summed E-state index contributed by atoms with van der Waals surface area (Å²) in [6, 6.07) is -0.347. The predicted octanol–water partition coefficient (Wildman–Crippen LogP) is -0.106. The van der Waals surface area contributed by atoms with Crippen LogP contribution in [0.2, 0.25) is 0 Å². The summed E-state index contributed by atoms with van der Waals surface area (Å²) in [6.45, 7) is 0.500.